The van der Waals surface area contributed by atoms with Gasteiger partial charge >= 0.3 is 0 Å². The Balaban J connectivity index is 1.43. The van der Waals surface area contributed by atoms with Crippen molar-refractivity contribution in [2.45, 2.75) is 12.5 Å². The number of amides is 1. The molecule has 0 saturated heterocycles. The lowest BCUT2D eigenvalue weighted by atomic mass is 10.0. The summed E-state index contributed by atoms with van der Waals surface area (Å²) in [4.78, 5) is 12.3. The minimum atomic E-state index is -0.128. The van der Waals surface area contributed by atoms with Crippen molar-refractivity contribution in [1.29, 1.82) is 0 Å². The second-order valence-electron chi connectivity index (χ2n) is 5.97. The van der Waals surface area contributed by atoms with Crippen LogP contribution >= 0.6 is 0 Å². The van der Waals surface area contributed by atoms with Crippen molar-refractivity contribution in [3.63, 3.8) is 0 Å². The molecule has 1 amide bonds. The van der Waals surface area contributed by atoms with E-state index in [0.29, 0.717) is 25.6 Å². The normalized spacial score (nSPS) is 18.3. The Hall–Kier alpha value is -2.95. The van der Waals surface area contributed by atoms with Gasteiger partial charge in [-0.3, -0.25) is 4.79 Å². The van der Waals surface area contributed by atoms with Gasteiger partial charge in [-0.2, -0.15) is 0 Å². The van der Waals surface area contributed by atoms with E-state index in [2.05, 4.69) is 5.32 Å². The van der Waals surface area contributed by atoms with Gasteiger partial charge < -0.3 is 19.5 Å². The highest BCUT2D eigenvalue weighted by atomic mass is 16.6. The average molecular weight is 337 g/mol. The topological polar surface area (TPSA) is 56.8 Å². The van der Waals surface area contributed by atoms with Crippen LogP contribution in [0.4, 0.5) is 0 Å². The van der Waals surface area contributed by atoms with Crippen molar-refractivity contribution in [3.05, 3.63) is 59.7 Å². The molecule has 128 valence electrons. The van der Waals surface area contributed by atoms with Gasteiger partial charge in [0.25, 0.3) is 0 Å². The number of carbonyl (C=O) groups excluding carboxylic acids is 1. The van der Waals surface area contributed by atoms with Crippen LogP contribution in [0, 0.1) is 0 Å². The van der Waals surface area contributed by atoms with Crippen LogP contribution in [0.3, 0.4) is 0 Å². The number of benzene rings is 2. The standard InChI is InChI=1S/C20H19NO4/c22-20(21-16-9-10-23-17-4-2-1-3-15(16)17)8-6-14-5-7-18-19(13-14)25-12-11-24-18/h1-8,13,16H,9-12H2,(H,21,22)/b8-6-. The maximum atomic E-state index is 12.3. The maximum absolute atomic E-state index is 12.3. The van der Waals surface area contributed by atoms with Gasteiger partial charge in [0, 0.05) is 18.1 Å². The second kappa shape index (κ2) is 6.89. The van der Waals surface area contributed by atoms with E-state index in [1.807, 2.05) is 42.5 Å². The molecule has 5 nitrogen and oxygen atoms in total. The van der Waals surface area contributed by atoms with Gasteiger partial charge in [0.05, 0.1) is 12.6 Å². The van der Waals surface area contributed by atoms with Crippen LogP contribution in [0.15, 0.2) is 48.5 Å². The fraction of sp³-hybridized carbons (Fsp3) is 0.250. The molecule has 0 spiro atoms. The summed E-state index contributed by atoms with van der Waals surface area (Å²) in [5.74, 6) is 2.17. The first kappa shape index (κ1) is 15.6. The van der Waals surface area contributed by atoms with Crippen molar-refractivity contribution >= 4 is 12.0 Å². The quantitative estimate of drug-likeness (QED) is 0.875. The number of nitrogens with one attached hydrogen (secondary N) is 1. The van der Waals surface area contributed by atoms with Crippen molar-refractivity contribution in [2.24, 2.45) is 0 Å². The Bertz CT molecular complexity index is 815. The van der Waals surface area contributed by atoms with Gasteiger partial charge in [-0.25, -0.2) is 0 Å². The number of para-hydroxylation sites is 1. The van der Waals surface area contributed by atoms with Crippen molar-refractivity contribution < 1.29 is 19.0 Å². The monoisotopic (exact) mass is 337 g/mol. The molecule has 4 rings (SSSR count). The molecule has 1 unspecified atom stereocenters. The smallest absolute Gasteiger partial charge is 0.244 e. The van der Waals surface area contributed by atoms with E-state index < -0.39 is 0 Å². The molecule has 0 fully saturated rings. The molecular formula is C20H19NO4. The van der Waals surface area contributed by atoms with E-state index in [1.54, 1.807) is 12.2 Å². The van der Waals surface area contributed by atoms with Crippen LogP contribution in [0.2, 0.25) is 0 Å². The zero-order valence-electron chi connectivity index (χ0n) is 13.7. The van der Waals surface area contributed by atoms with Crippen molar-refractivity contribution in [3.8, 4) is 17.2 Å². The third-order valence-electron chi connectivity index (χ3n) is 4.27. The molecule has 0 aliphatic carbocycles. The lowest BCUT2D eigenvalue weighted by molar-refractivity contribution is -0.117. The predicted octanol–water partition coefficient (Wildman–Crippen LogP) is 3.11. The van der Waals surface area contributed by atoms with Gasteiger partial charge in [0.15, 0.2) is 11.5 Å². The van der Waals surface area contributed by atoms with Crippen molar-refractivity contribution in [2.75, 3.05) is 19.8 Å². The van der Waals surface area contributed by atoms with E-state index in [4.69, 9.17) is 14.2 Å². The number of carbonyl (C=O) groups is 1. The molecule has 0 aromatic heterocycles. The van der Waals surface area contributed by atoms with Crippen LogP contribution < -0.4 is 19.5 Å². The summed E-state index contributed by atoms with van der Waals surface area (Å²) in [6.07, 6.45) is 4.09. The summed E-state index contributed by atoms with van der Waals surface area (Å²) in [5.41, 5.74) is 1.92. The van der Waals surface area contributed by atoms with Crippen LogP contribution in [0.1, 0.15) is 23.6 Å². The van der Waals surface area contributed by atoms with Crippen molar-refractivity contribution in [1.82, 2.24) is 5.32 Å². The van der Waals surface area contributed by atoms with E-state index in [0.717, 1.165) is 29.0 Å². The summed E-state index contributed by atoms with van der Waals surface area (Å²) < 4.78 is 16.7. The van der Waals surface area contributed by atoms with Crippen LogP contribution in [0.25, 0.3) is 6.08 Å². The molecule has 5 heteroatoms. The highest BCUT2D eigenvalue weighted by Crippen LogP contribution is 2.32. The molecule has 2 aromatic carbocycles. The number of hydrogen-bond acceptors (Lipinski definition) is 4. The zero-order valence-corrected chi connectivity index (χ0v) is 13.7. The average Bonchev–Trinajstić information content (AvgIpc) is 2.66. The summed E-state index contributed by atoms with van der Waals surface area (Å²) in [6, 6.07) is 13.4. The molecule has 2 heterocycles. The van der Waals surface area contributed by atoms with Gasteiger partial charge in [-0.05, 0) is 29.8 Å². The Kier molecular flexibility index (Phi) is 4.29. The molecular weight excluding hydrogens is 318 g/mol. The molecule has 0 radical (unpaired) electrons. The molecule has 2 aliphatic heterocycles. The van der Waals surface area contributed by atoms with E-state index in [9.17, 15) is 4.79 Å². The lowest BCUT2D eigenvalue weighted by Gasteiger charge is -2.26. The third kappa shape index (κ3) is 3.45. The van der Waals surface area contributed by atoms with Crippen LogP contribution in [-0.4, -0.2) is 25.7 Å². The number of fused-ring (bicyclic) bond motifs is 2. The molecule has 1 atom stereocenters. The molecule has 0 saturated carbocycles. The van der Waals surface area contributed by atoms with Gasteiger partial charge in [-0.15, -0.1) is 0 Å². The maximum Gasteiger partial charge on any atom is 0.244 e. The summed E-state index contributed by atoms with van der Waals surface area (Å²) in [5, 5.41) is 3.05. The fourth-order valence-corrected chi connectivity index (χ4v) is 3.05. The van der Waals surface area contributed by atoms with Gasteiger partial charge in [-0.1, -0.05) is 24.3 Å². The number of rotatable bonds is 3. The summed E-state index contributed by atoms with van der Waals surface area (Å²) in [6.45, 7) is 1.72. The lowest BCUT2D eigenvalue weighted by Crippen LogP contribution is -2.30. The SMILES string of the molecule is O=C(/C=C\c1ccc2c(c1)OCCO2)NC1CCOc2ccccc21. The molecule has 0 bridgehead atoms. The Morgan fingerprint density at radius 3 is 2.68 bits per heavy atom. The predicted molar refractivity (Wildman–Crippen MR) is 93.9 cm³/mol. The first-order valence-corrected chi connectivity index (χ1v) is 8.39. The molecule has 2 aliphatic rings. The Morgan fingerprint density at radius 2 is 1.76 bits per heavy atom. The van der Waals surface area contributed by atoms with Gasteiger partial charge in [0.2, 0.25) is 5.91 Å². The van der Waals surface area contributed by atoms with Gasteiger partial charge in [0.1, 0.15) is 19.0 Å². The molecule has 2 aromatic rings. The minimum absolute atomic E-state index is 0.0256. The van der Waals surface area contributed by atoms with Crippen LogP contribution in [-0.2, 0) is 4.79 Å². The van der Waals surface area contributed by atoms with E-state index in [-0.39, 0.29) is 11.9 Å². The summed E-state index contributed by atoms with van der Waals surface area (Å²) in [7, 11) is 0. The highest BCUT2D eigenvalue weighted by Gasteiger charge is 2.21. The second-order valence-corrected chi connectivity index (χ2v) is 5.97. The largest absolute Gasteiger partial charge is 0.493 e. The number of ether oxygens (including phenoxy) is 3. The first-order chi connectivity index (χ1) is 12.3. The van der Waals surface area contributed by atoms with E-state index >= 15 is 0 Å². The summed E-state index contributed by atoms with van der Waals surface area (Å²) >= 11 is 0. The number of hydrogen-bond donors (Lipinski definition) is 1. The minimum Gasteiger partial charge on any atom is -0.493 e. The fourth-order valence-electron chi connectivity index (χ4n) is 3.05. The molecule has 25 heavy (non-hydrogen) atoms. The Labute approximate surface area is 146 Å². The van der Waals surface area contributed by atoms with E-state index in [1.165, 1.54) is 0 Å². The third-order valence-corrected chi connectivity index (χ3v) is 4.27. The Morgan fingerprint density at radius 1 is 0.960 bits per heavy atom. The highest BCUT2D eigenvalue weighted by molar-refractivity contribution is 5.92. The van der Waals surface area contributed by atoms with Crippen LogP contribution in [0.5, 0.6) is 17.2 Å². The first-order valence-electron chi connectivity index (χ1n) is 8.39. The molecule has 1 N–H and O–H groups in total. The zero-order chi connectivity index (χ0) is 17.1.